The van der Waals surface area contributed by atoms with Crippen LogP contribution in [-0.4, -0.2) is 6.03 Å². The van der Waals surface area contributed by atoms with Crippen molar-refractivity contribution in [1.29, 1.82) is 5.26 Å². The minimum Gasteiger partial charge on any atom is -0.307 e. The van der Waals surface area contributed by atoms with Crippen molar-refractivity contribution in [2.75, 3.05) is 5.32 Å². The molecule has 0 aromatic heterocycles. The molecule has 0 heterocycles. The number of benzene rings is 1. The maximum Gasteiger partial charge on any atom is 0.332 e. The predicted molar refractivity (Wildman–Crippen MR) is 54.2 cm³/mol. The van der Waals surface area contributed by atoms with Gasteiger partial charge in [-0.15, -0.1) is 0 Å². The largest absolute Gasteiger partial charge is 0.332 e. The van der Waals surface area contributed by atoms with Gasteiger partial charge in [-0.1, -0.05) is 23.2 Å². The number of amides is 2. The third kappa shape index (κ3) is 3.13. The molecule has 0 fully saturated rings. The van der Waals surface area contributed by atoms with Crippen molar-refractivity contribution in [2.45, 2.75) is 0 Å². The van der Waals surface area contributed by atoms with Gasteiger partial charge in [-0.25, -0.2) is 10.1 Å². The van der Waals surface area contributed by atoms with Gasteiger partial charge in [-0.3, -0.25) is 0 Å². The molecule has 0 radical (unpaired) electrons. The minimum atomic E-state index is -0.633. The van der Waals surface area contributed by atoms with Crippen molar-refractivity contribution in [2.24, 2.45) is 0 Å². The maximum absolute atomic E-state index is 10.9. The fraction of sp³-hybridized carbons (Fsp3) is 0. The number of nitriles is 1. The molecule has 6 heteroatoms. The van der Waals surface area contributed by atoms with Crippen molar-refractivity contribution in [3.05, 3.63) is 28.2 Å². The summed E-state index contributed by atoms with van der Waals surface area (Å²) >= 11 is 11.4. The van der Waals surface area contributed by atoms with Crippen molar-refractivity contribution >= 4 is 34.9 Å². The van der Waals surface area contributed by atoms with Gasteiger partial charge in [0.2, 0.25) is 0 Å². The molecule has 0 aliphatic rings. The van der Waals surface area contributed by atoms with Crippen LogP contribution in [0.25, 0.3) is 0 Å². The number of carbonyl (C=O) groups is 1. The molecule has 0 aliphatic heterocycles. The summed E-state index contributed by atoms with van der Waals surface area (Å²) in [4.78, 5) is 10.9. The number of hydrogen-bond donors (Lipinski definition) is 2. The van der Waals surface area contributed by atoms with Gasteiger partial charge in [-0.05, 0) is 18.2 Å². The molecule has 4 nitrogen and oxygen atoms in total. The van der Waals surface area contributed by atoms with E-state index in [-0.39, 0.29) is 0 Å². The summed E-state index contributed by atoms with van der Waals surface area (Å²) < 4.78 is 0. The van der Waals surface area contributed by atoms with E-state index in [2.05, 4.69) is 5.32 Å². The second-order valence-corrected chi connectivity index (χ2v) is 3.22. The molecule has 0 saturated carbocycles. The van der Waals surface area contributed by atoms with Crippen molar-refractivity contribution in [3.8, 4) is 6.19 Å². The molecule has 1 rings (SSSR count). The molecule has 0 bridgehead atoms. The lowest BCUT2D eigenvalue weighted by atomic mass is 10.3. The zero-order chi connectivity index (χ0) is 10.6. The van der Waals surface area contributed by atoms with Crippen molar-refractivity contribution in [1.82, 2.24) is 5.32 Å². The van der Waals surface area contributed by atoms with Crippen LogP contribution >= 0.6 is 23.2 Å². The van der Waals surface area contributed by atoms with Crippen molar-refractivity contribution in [3.63, 3.8) is 0 Å². The van der Waals surface area contributed by atoms with E-state index in [0.717, 1.165) is 0 Å². The van der Waals surface area contributed by atoms with Gasteiger partial charge in [0.15, 0.2) is 6.19 Å². The van der Waals surface area contributed by atoms with Gasteiger partial charge in [0.25, 0.3) is 0 Å². The van der Waals surface area contributed by atoms with E-state index in [1.165, 1.54) is 24.4 Å². The number of urea groups is 1. The highest BCUT2D eigenvalue weighted by Crippen LogP contribution is 2.22. The molecule has 0 saturated heterocycles. The molecular formula is C8H5Cl2N3O. The van der Waals surface area contributed by atoms with Gasteiger partial charge in [0.1, 0.15) is 0 Å². The first kappa shape index (κ1) is 10.6. The summed E-state index contributed by atoms with van der Waals surface area (Å²) in [5.74, 6) is 0. The van der Waals surface area contributed by atoms with Crippen LogP contribution in [0.4, 0.5) is 10.5 Å². The Kier molecular flexibility index (Phi) is 3.57. The van der Waals surface area contributed by atoms with E-state index < -0.39 is 6.03 Å². The number of hydrogen-bond acceptors (Lipinski definition) is 2. The van der Waals surface area contributed by atoms with Gasteiger partial charge in [-0.2, -0.15) is 5.26 Å². The predicted octanol–water partition coefficient (Wildman–Crippen LogP) is 2.60. The summed E-state index contributed by atoms with van der Waals surface area (Å²) in [6, 6.07) is 3.94. The second-order valence-electron chi connectivity index (χ2n) is 2.35. The minimum absolute atomic E-state index is 0.407. The van der Waals surface area contributed by atoms with Gasteiger partial charge in [0, 0.05) is 15.7 Å². The summed E-state index contributed by atoms with van der Waals surface area (Å²) in [5, 5.41) is 13.2. The average Bonchev–Trinajstić information content (AvgIpc) is 2.01. The van der Waals surface area contributed by atoms with Gasteiger partial charge >= 0.3 is 6.03 Å². The molecule has 0 aliphatic carbocycles. The molecular weight excluding hydrogens is 225 g/mol. The number of nitrogens with zero attached hydrogens (tertiary/aromatic N) is 1. The standard InChI is InChI=1S/C8H5Cl2N3O/c9-5-1-6(10)3-7(2-5)13-8(14)12-4-11/h1-3H,(H2,12,13,14). The number of carbonyl (C=O) groups excluding carboxylic acids is 1. The summed E-state index contributed by atoms with van der Waals surface area (Å²) in [7, 11) is 0. The fourth-order valence-electron chi connectivity index (χ4n) is 0.839. The van der Waals surface area contributed by atoms with E-state index in [9.17, 15) is 4.79 Å². The van der Waals surface area contributed by atoms with Crippen LogP contribution < -0.4 is 10.6 Å². The average molecular weight is 230 g/mol. The topological polar surface area (TPSA) is 64.9 Å². The quantitative estimate of drug-likeness (QED) is 0.575. The lowest BCUT2D eigenvalue weighted by Crippen LogP contribution is -2.23. The Balaban J connectivity index is 2.77. The highest BCUT2D eigenvalue weighted by Gasteiger charge is 2.02. The first-order valence-electron chi connectivity index (χ1n) is 3.54. The number of rotatable bonds is 1. The smallest absolute Gasteiger partial charge is 0.307 e. The molecule has 1 aromatic carbocycles. The summed E-state index contributed by atoms with van der Waals surface area (Å²) in [5.41, 5.74) is 0.426. The van der Waals surface area contributed by atoms with Crippen molar-refractivity contribution < 1.29 is 4.79 Å². The first-order chi connectivity index (χ1) is 6.61. The van der Waals surface area contributed by atoms with E-state index in [4.69, 9.17) is 28.5 Å². The third-order valence-corrected chi connectivity index (χ3v) is 1.73. The zero-order valence-corrected chi connectivity index (χ0v) is 8.36. The molecule has 1 aromatic rings. The Labute approximate surface area is 90.4 Å². The Morgan fingerprint density at radius 3 is 2.36 bits per heavy atom. The van der Waals surface area contributed by atoms with E-state index in [1.807, 2.05) is 5.32 Å². The molecule has 0 atom stereocenters. The van der Waals surface area contributed by atoms with Gasteiger partial charge in [0.05, 0.1) is 0 Å². The monoisotopic (exact) mass is 229 g/mol. The third-order valence-electron chi connectivity index (χ3n) is 1.29. The lowest BCUT2D eigenvalue weighted by molar-refractivity contribution is 0.255. The van der Waals surface area contributed by atoms with Crippen LogP contribution in [-0.2, 0) is 0 Å². The first-order valence-corrected chi connectivity index (χ1v) is 4.29. The lowest BCUT2D eigenvalue weighted by Gasteiger charge is -2.03. The number of halogens is 2. The van der Waals surface area contributed by atoms with E-state index in [0.29, 0.717) is 15.7 Å². The SMILES string of the molecule is N#CNC(=O)Nc1cc(Cl)cc(Cl)c1. The summed E-state index contributed by atoms with van der Waals surface area (Å²) in [6.07, 6.45) is 1.49. The van der Waals surface area contributed by atoms with E-state index in [1.54, 1.807) is 0 Å². The molecule has 14 heavy (non-hydrogen) atoms. The molecule has 0 spiro atoms. The number of nitrogens with one attached hydrogen (secondary N) is 2. The van der Waals surface area contributed by atoms with Crippen LogP contribution in [0.15, 0.2) is 18.2 Å². The van der Waals surface area contributed by atoms with E-state index >= 15 is 0 Å². The second kappa shape index (κ2) is 4.70. The van der Waals surface area contributed by atoms with Crippen LogP contribution in [0.1, 0.15) is 0 Å². The van der Waals surface area contributed by atoms with Gasteiger partial charge < -0.3 is 5.32 Å². The Bertz CT molecular complexity index is 380. The van der Waals surface area contributed by atoms with Crippen LogP contribution in [0.2, 0.25) is 10.0 Å². The molecule has 72 valence electrons. The molecule has 2 amide bonds. The fourth-order valence-corrected chi connectivity index (χ4v) is 1.37. The zero-order valence-electron chi connectivity index (χ0n) is 6.84. The molecule has 2 N–H and O–H groups in total. The number of anilines is 1. The molecule has 0 unspecified atom stereocenters. The van der Waals surface area contributed by atoms with Crippen LogP contribution in [0.3, 0.4) is 0 Å². The highest BCUT2D eigenvalue weighted by atomic mass is 35.5. The normalized spacial score (nSPS) is 8.93. The van der Waals surface area contributed by atoms with Crippen LogP contribution in [0, 0.1) is 11.5 Å². The summed E-state index contributed by atoms with van der Waals surface area (Å²) in [6.45, 7) is 0. The Morgan fingerprint density at radius 1 is 1.29 bits per heavy atom. The highest BCUT2D eigenvalue weighted by molar-refractivity contribution is 6.35. The Morgan fingerprint density at radius 2 is 1.86 bits per heavy atom. The Hall–Kier alpha value is -1.44. The maximum atomic E-state index is 10.9. The van der Waals surface area contributed by atoms with Crippen LogP contribution in [0.5, 0.6) is 0 Å².